The Hall–Kier alpha value is -1.99. The van der Waals surface area contributed by atoms with Gasteiger partial charge in [-0.15, -0.1) is 11.3 Å². The first-order valence-electron chi connectivity index (χ1n) is 8.55. The molecule has 3 rings (SSSR count). The molecule has 0 bridgehead atoms. The number of amides is 1. The van der Waals surface area contributed by atoms with Crippen LogP contribution in [0.15, 0.2) is 11.4 Å². The predicted molar refractivity (Wildman–Crippen MR) is 101 cm³/mol. The number of nitrogens with zero attached hydrogens (tertiary/aromatic N) is 3. The predicted octanol–water partition coefficient (Wildman–Crippen LogP) is 2.87. The third-order valence-electron chi connectivity index (χ3n) is 4.36. The van der Waals surface area contributed by atoms with E-state index in [0.717, 1.165) is 36.6 Å². The molecule has 7 heteroatoms. The number of ether oxygens (including phenoxy) is 1. The summed E-state index contributed by atoms with van der Waals surface area (Å²) < 4.78 is 5.37. The summed E-state index contributed by atoms with van der Waals surface area (Å²) in [6.45, 7) is 8.89. The minimum Gasteiger partial charge on any atom is -0.378 e. The fraction of sp³-hybridized carbons (Fsp3) is 0.500. The van der Waals surface area contributed by atoms with E-state index >= 15 is 0 Å². The van der Waals surface area contributed by atoms with Crippen molar-refractivity contribution in [2.24, 2.45) is 0 Å². The zero-order valence-electron chi connectivity index (χ0n) is 15.0. The SMILES string of the molecule is Cc1ccsc1CCC(=O)Nc1c(C)nc(N2CCOCC2)nc1C. The van der Waals surface area contributed by atoms with Crippen molar-refractivity contribution in [1.29, 1.82) is 0 Å². The van der Waals surface area contributed by atoms with Crippen LogP contribution in [-0.2, 0) is 16.0 Å². The lowest BCUT2D eigenvalue weighted by atomic mass is 10.2. The third-order valence-corrected chi connectivity index (χ3v) is 5.45. The summed E-state index contributed by atoms with van der Waals surface area (Å²) in [6, 6.07) is 2.09. The quantitative estimate of drug-likeness (QED) is 0.888. The Morgan fingerprint density at radius 2 is 1.92 bits per heavy atom. The van der Waals surface area contributed by atoms with E-state index in [1.165, 1.54) is 10.4 Å². The summed E-state index contributed by atoms with van der Waals surface area (Å²) in [4.78, 5) is 24.9. The van der Waals surface area contributed by atoms with Gasteiger partial charge in [0.05, 0.1) is 30.3 Å². The summed E-state index contributed by atoms with van der Waals surface area (Å²) in [7, 11) is 0. The minimum atomic E-state index is 0.00159. The van der Waals surface area contributed by atoms with Gasteiger partial charge in [0.1, 0.15) is 0 Å². The summed E-state index contributed by atoms with van der Waals surface area (Å²) >= 11 is 1.70. The molecule has 2 aromatic rings. The molecule has 0 spiro atoms. The van der Waals surface area contributed by atoms with Crippen LogP contribution in [-0.4, -0.2) is 42.2 Å². The van der Waals surface area contributed by atoms with Crippen LogP contribution in [0, 0.1) is 20.8 Å². The van der Waals surface area contributed by atoms with Crippen LogP contribution >= 0.6 is 11.3 Å². The lowest BCUT2D eigenvalue weighted by molar-refractivity contribution is -0.116. The van der Waals surface area contributed by atoms with E-state index in [0.29, 0.717) is 25.6 Å². The molecule has 0 radical (unpaired) electrons. The van der Waals surface area contributed by atoms with Gasteiger partial charge in [-0.2, -0.15) is 0 Å². The molecule has 0 aromatic carbocycles. The monoisotopic (exact) mass is 360 g/mol. The average molecular weight is 360 g/mol. The van der Waals surface area contributed by atoms with Crippen molar-refractivity contribution >= 4 is 28.9 Å². The number of aryl methyl sites for hydroxylation is 4. The van der Waals surface area contributed by atoms with Crippen molar-refractivity contribution in [2.45, 2.75) is 33.6 Å². The smallest absolute Gasteiger partial charge is 0.226 e. The molecule has 1 amide bonds. The molecule has 1 fully saturated rings. The highest BCUT2D eigenvalue weighted by atomic mass is 32.1. The van der Waals surface area contributed by atoms with Crippen molar-refractivity contribution in [2.75, 3.05) is 36.5 Å². The number of hydrogen-bond acceptors (Lipinski definition) is 6. The van der Waals surface area contributed by atoms with Gasteiger partial charge in [0.25, 0.3) is 0 Å². The highest BCUT2D eigenvalue weighted by Gasteiger charge is 2.18. The molecule has 1 aliphatic rings. The zero-order valence-corrected chi connectivity index (χ0v) is 15.8. The molecule has 0 atom stereocenters. The molecule has 0 unspecified atom stereocenters. The van der Waals surface area contributed by atoms with Gasteiger partial charge in [-0.05, 0) is 44.2 Å². The first-order chi connectivity index (χ1) is 12.0. The van der Waals surface area contributed by atoms with Crippen molar-refractivity contribution < 1.29 is 9.53 Å². The standard InChI is InChI=1S/C18H24N4O2S/c1-12-6-11-25-15(12)4-5-16(23)21-17-13(2)19-18(20-14(17)3)22-7-9-24-10-8-22/h6,11H,4-5,7-10H2,1-3H3,(H,21,23). The Morgan fingerprint density at radius 3 is 2.52 bits per heavy atom. The summed E-state index contributed by atoms with van der Waals surface area (Å²) in [5.74, 6) is 0.715. The van der Waals surface area contributed by atoms with Gasteiger partial charge in [-0.25, -0.2) is 9.97 Å². The van der Waals surface area contributed by atoms with E-state index in [4.69, 9.17) is 4.74 Å². The fourth-order valence-corrected chi connectivity index (χ4v) is 3.78. The van der Waals surface area contributed by atoms with Crippen molar-refractivity contribution in [3.05, 3.63) is 33.3 Å². The van der Waals surface area contributed by atoms with E-state index in [1.54, 1.807) is 11.3 Å². The van der Waals surface area contributed by atoms with Gasteiger partial charge >= 0.3 is 0 Å². The number of aromatic nitrogens is 2. The summed E-state index contributed by atoms with van der Waals surface area (Å²) in [5, 5.41) is 5.05. The molecule has 6 nitrogen and oxygen atoms in total. The summed E-state index contributed by atoms with van der Waals surface area (Å²) in [5.41, 5.74) is 3.58. The Balaban J connectivity index is 1.65. The molecule has 0 saturated carbocycles. The van der Waals surface area contributed by atoms with Crippen molar-refractivity contribution in [3.8, 4) is 0 Å². The Morgan fingerprint density at radius 1 is 1.24 bits per heavy atom. The molecule has 134 valence electrons. The molecule has 2 aromatic heterocycles. The van der Waals surface area contributed by atoms with Crippen LogP contribution in [0.3, 0.4) is 0 Å². The number of anilines is 2. The van der Waals surface area contributed by atoms with Crippen molar-refractivity contribution in [1.82, 2.24) is 9.97 Å². The lowest BCUT2D eigenvalue weighted by Gasteiger charge is -2.27. The van der Waals surface area contributed by atoms with Crippen LogP contribution in [0.5, 0.6) is 0 Å². The Bertz CT molecular complexity index is 730. The second kappa shape index (κ2) is 7.93. The molecule has 1 aliphatic heterocycles. The van der Waals surface area contributed by atoms with Crippen molar-refractivity contribution in [3.63, 3.8) is 0 Å². The van der Waals surface area contributed by atoms with Gasteiger partial charge in [-0.1, -0.05) is 0 Å². The highest BCUT2D eigenvalue weighted by molar-refractivity contribution is 7.10. The van der Waals surface area contributed by atoms with Gasteiger partial charge in [0.2, 0.25) is 11.9 Å². The second-order valence-electron chi connectivity index (χ2n) is 6.24. The van der Waals surface area contributed by atoms with Crippen LogP contribution in [0.4, 0.5) is 11.6 Å². The fourth-order valence-electron chi connectivity index (χ4n) is 2.87. The number of hydrogen-bond donors (Lipinski definition) is 1. The molecular formula is C18H24N4O2S. The molecule has 25 heavy (non-hydrogen) atoms. The van der Waals surface area contributed by atoms with Crippen LogP contribution < -0.4 is 10.2 Å². The first-order valence-corrected chi connectivity index (χ1v) is 9.43. The van der Waals surface area contributed by atoms with E-state index in [-0.39, 0.29) is 5.91 Å². The van der Waals surface area contributed by atoms with Crippen LogP contribution in [0.2, 0.25) is 0 Å². The minimum absolute atomic E-state index is 0.00159. The van der Waals surface area contributed by atoms with Gasteiger partial charge < -0.3 is 15.0 Å². The van der Waals surface area contributed by atoms with E-state index in [1.807, 2.05) is 13.8 Å². The normalized spacial score (nSPS) is 14.6. The Kier molecular flexibility index (Phi) is 5.65. The average Bonchev–Trinajstić information content (AvgIpc) is 3.02. The molecular weight excluding hydrogens is 336 g/mol. The maximum atomic E-state index is 12.3. The maximum absolute atomic E-state index is 12.3. The topological polar surface area (TPSA) is 67.4 Å². The molecule has 0 aliphatic carbocycles. The maximum Gasteiger partial charge on any atom is 0.226 e. The Labute approximate surface area is 152 Å². The van der Waals surface area contributed by atoms with Crippen LogP contribution in [0.1, 0.15) is 28.2 Å². The number of thiophene rings is 1. The number of rotatable bonds is 5. The zero-order chi connectivity index (χ0) is 17.8. The van der Waals surface area contributed by atoms with Gasteiger partial charge in [0, 0.05) is 24.4 Å². The van der Waals surface area contributed by atoms with E-state index < -0.39 is 0 Å². The molecule has 1 N–H and O–H groups in total. The van der Waals surface area contributed by atoms with Gasteiger partial charge in [-0.3, -0.25) is 4.79 Å². The number of carbonyl (C=O) groups excluding carboxylic acids is 1. The number of morpholine rings is 1. The number of nitrogens with one attached hydrogen (secondary N) is 1. The summed E-state index contributed by atoms with van der Waals surface area (Å²) in [6.07, 6.45) is 1.23. The largest absolute Gasteiger partial charge is 0.378 e. The van der Waals surface area contributed by atoms with E-state index in [2.05, 4.69) is 38.6 Å². The van der Waals surface area contributed by atoms with Gasteiger partial charge in [0.15, 0.2) is 0 Å². The second-order valence-corrected chi connectivity index (χ2v) is 7.24. The number of carbonyl (C=O) groups is 1. The van der Waals surface area contributed by atoms with Crippen LogP contribution in [0.25, 0.3) is 0 Å². The highest BCUT2D eigenvalue weighted by Crippen LogP contribution is 2.22. The molecule has 3 heterocycles. The molecule has 1 saturated heterocycles. The first kappa shape index (κ1) is 17.8. The van der Waals surface area contributed by atoms with E-state index in [9.17, 15) is 4.79 Å². The third kappa shape index (κ3) is 4.35. The lowest BCUT2D eigenvalue weighted by Crippen LogP contribution is -2.37.